The molecule has 0 aliphatic carbocycles. The van der Waals surface area contributed by atoms with Gasteiger partial charge in [-0.3, -0.25) is 0 Å². The minimum Gasteiger partial charge on any atom is -0.309 e. The highest BCUT2D eigenvalue weighted by atomic mass is 32.1. The lowest BCUT2D eigenvalue weighted by molar-refractivity contribution is 1.18. The van der Waals surface area contributed by atoms with E-state index in [-0.39, 0.29) is 0 Å². The standard InChI is InChI=1S/2C54H34N2S/c1-2-12-35(13-3-1)36-14-10-16-41(30-36)55-49-21-7-4-18-43(49)46-32-38(24-27-51(46)55)39-25-28-52-47(33-39)44-19-5-8-22-50(44)56(52)42-17-11-15-37(31-42)40-26-29-54-48(34-40)45-20-6-9-23-53(45)57-54;1-2-11-35(12-3-1)37-13-10-14-42(31-37)56-50-19-8-5-16-44(50)47-33-40(24-29-52(47)56)39-23-28-51-46(32-39)43-15-4-7-18-49(43)55(51)41-26-21-36(22-27-41)38-25-30-54-48(34-38)45-17-6-9-20-53(45)57-54/h2*1-34H. The molecule has 4 nitrogen and oxygen atoms in total. The van der Waals surface area contributed by atoms with Gasteiger partial charge in [-0.25, -0.2) is 0 Å². The van der Waals surface area contributed by atoms with Crippen molar-refractivity contribution >= 4 is 150 Å². The van der Waals surface area contributed by atoms with Gasteiger partial charge in [-0.15, -0.1) is 22.7 Å². The molecule has 0 radical (unpaired) electrons. The van der Waals surface area contributed by atoms with E-state index in [1.165, 1.54) is 194 Å². The van der Waals surface area contributed by atoms with Crippen LogP contribution in [0.2, 0.25) is 0 Å². The van der Waals surface area contributed by atoms with Crippen LogP contribution in [0.5, 0.6) is 0 Å². The Morgan fingerprint density at radius 2 is 0.351 bits per heavy atom. The van der Waals surface area contributed by atoms with Crippen LogP contribution in [-0.4, -0.2) is 18.3 Å². The van der Waals surface area contributed by atoms with Crippen LogP contribution in [0.25, 0.3) is 217 Å². The van der Waals surface area contributed by atoms with Crippen LogP contribution in [0.15, 0.2) is 413 Å². The molecule has 18 aromatic carbocycles. The molecule has 532 valence electrons. The predicted octanol–water partition coefficient (Wildman–Crippen LogP) is 30.5. The molecular weight excluding hydrogens is 1420 g/mol. The van der Waals surface area contributed by atoms with Crippen molar-refractivity contribution in [2.45, 2.75) is 0 Å². The van der Waals surface area contributed by atoms with E-state index in [1.54, 1.807) is 0 Å². The highest BCUT2D eigenvalue weighted by Crippen LogP contribution is 2.45. The van der Waals surface area contributed by atoms with Crippen molar-refractivity contribution in [1.82, 2.24) is 18.3 Å². The van der Waals surface area contributed by atoms with Crippen molar-refractivity contribution in [2.75, 3.05) is 0 Å². The molecule has 0 saturated heterocycles. The predicted molar refractivity (Wildman–Crippen MR) is 489 cm³/mol. The molecule has 6 aromatic heterocycles. The van der Waals surface area contributed by atoms with Crippen LogP contribution >= 0.6 is 22.7 Å². The van der Waals surface area contributed by atoms with Crippen molar-refractivity contribution in [2.24, 2.45) is 0 Å². The first-order valence-corrected chi connectivity index (χ1v) is 40.6. The van der Waals surface area contributed by atoms with Gasteiger partial charge in [0.05, 0.1) is 44.1 Å². The second-order valence-corrected chi connectivity index (χ2v) is 32.1. The lowest BCUT2D eigenvalue weighted by atomic mass is 10.0. The average Bonchev–Trinajstić information content (AvgIpc) is 1.59. The number of aromatic nitrogens is 4. The molecule has 0 N–H and O–H groups in total. The summed E-state index contributed by atoms with van der Waals surface area (Å²) < 4.78 is 15.0. The lowest BCUT2D eigenvalue weighted by Gasteiger charge is -2.11. The molecule has 0 amide bonds. The molecule has 24 aromatic rings. The van der Waals surface area contributed by atoms with E-state index in [0.29, 0.717) is 0 Å². The summed E-state index contributed by atoms with van der Waals surface area (Å²) in [7, 11) is 0. The minimum absolute atomic E-state index is 1.16. The summed E-state index contributed by atoms with van der Waals surface area (Å²) >= 11 is 3.73. The summed E-state index contributed by atoms with van der Waals surface area (Å²) in [4.78, 5) is 0. The number of hydrogen-bond donors (Lipinski definition) is 0. The number of rotatable bonds is 10. The Hall–Kier alpha value is -14.4. The largest absolute Gasteiger partial charge is 0.309 e. The van der Waals surface area contributed by atoms with Gasteiger partial charge in [-0.1, -0.05) is 255 Å². The monoisotopic (exact) mass is 1480 g/mol. The summed E-state index contributed by atoms with van der Waals surface area (Å²) in [5.74, 6) is 0. The SMILES string of the molecule is c1ccc(-c2cccc(-n3c4ccccc4c4cc(-c5ccc6c(c5)c5ccccc5n6-c5ccc(-c6ccc7sc8ccccc8c7c6)cc5)ccc43)c2)cc1.c1ccc(-c2cccc(-n3c4ccccc4c4cc(-c5ccc6c(c5)c5ccccc5n6-c5cccc(-c6ccc7sc8ccccc8c7c6)c5)ccc43)c2)cc1. The van der Waals surface area contributed by atoms with Crippen LogP contribution < -0.4 is 0 Å². The summed E-state index contributed by atoms with van der Waals surface area (Å²) in [6, 6.07) is 151. The maximum Gasteiger partial charge on any atom is 0.0541 e. The Labute approximate surface area is 665 Å². The molecule has 24 rings (SSSR count). The van der Waals surface area contributed by atoms with Gasteiger partial charge >= 0.3 is 0 Å². The number of hydrogen-bond acceptors (Lipinski definition) is 2. The third-order valence-corrected chi connectivity index (χ3v) is 25.7. The quantitative estimate of drug-likeness (QED) is 0.130. The van der Waals surface area contributed by atoms with Crippen LogP contribution in [0, 0.1) is 0 Å². The van der Waals surface area contributed by atoms with Crippen molar-refractivity contribution in [3.63, 3.8) is 0 Å². The van der Waals surface area contributed by atoms with Crippen molar-refractivity contribution < 1.29 is 0 Å². The Bertz CT molecular complexity index is 7980. The number of thiophene rings is 2. The Morgan fingerprint density at radius 3 is 0.711 bits per heavy atom. The molecule has 0 aliphatic rings. The normalized spacial score (nSPS) is 11.9. The van der Waals surface area contributed by atoms with Gasteiger partial charge in [0.25, 0.3) is 0 Å². The molecule has 6 heterocycles. The van der Waals surface area contributed by atoms with Gasteiger partial charge in [0.15, 0.2) is 0 Å². The maximum absolute atomic E-state index is 2.43. The van der Waals surface area contributed by atoms with Gasteiger partial charge in [0.2, 0.25) is 0 Å². The van der Waals surface area contributed by atoms with Gasteiger partial charge in [0, 0.05) is 106 Å². The van der Waals surface area contributed by atoms with E-state index >= 15 is 0 Å². The fraction of sp³-hybridized carbons (Fsp3) is 0. The zero-order chi connectivity index (χ0) is 74.9. The number of nitrogens with zero attached hydrogens (tertiary/aromatic N) is 4. The van der Waals surface area contributed by atoms with Gasteiger partial charge in [-0.2, -0.15) is 0 Å². The van der Waals surface area contributed by atoms with Crippen molar-refractivity contribution in [3.8, 4) is 89.5 Å². The highest BCUT2D eigenvalue weighted by molar-refractivity contribution is 7.26. The molecular formula is C108H68N4S2. The number of para-hydroxylation sites is 4. The van der Waals surface area contributed by atoms with E-state index in [9.17, 15) is 0 Å². The van der Waals surface area contributed by atoms with E-state index in [2.05, 4.69) is 431 Å². The fourth-order valence-corrected chi connectivity index (χ4v) is 20.2. The van der Waals surface area contributed by atoms with E-state index < -0.39 is 0 Å². The molecule has 0 aliphatic heterocycles. The Kier molecular flexibility index (Phi) is 15.3. The van der Waals surface area contributed by atoms with Gasteiger partial charge in [-0.05, 0) is 224 Å². The van der Waals surface area contributed by atoms with E-state index in [1.807, 2.05) is 22.7 Å². The molecule has 0 spiro atoms. The summed E-state index contributed by atoms with van der Waals surface area (Å²) in [5, 5.41) is 15.3. The molecule has 0 fully saturated rings. The highest BCUT2D eigenvalue weighted by Gasteiger charge is 2.21. The molecule has 0 bridgehead atoms. The molecule has 114 heavy (non-hydrogen) atoms. The Balaban J connectivity index is 0.000000135. The second-order valence-electron chi connectivity index (χ2n) is 29.9. The third-order valence-electron chi connectivity index (χ3n) is 23.4. The zero-order valence-electron chi connectivity index (χ0n) is 61.9. The third kappa shape index (κ3) is 10.9. The van der Waals surface area contributed by atoms with Crippen molar-refractivity contribution in [1.29, 1.82) is 0 Å². The van der Waals surface area contributed by atoms with Crippen molar-refractivity contribution in [3.05, 3.63) is 413 Å². The summed E-state index contributed by atoms with van der Waals surface area (Å²) in [5.41, 5.74) is 28.9. The van der Waals surface area contributed by atoms with Crippen LogP contribution in [0.1, 0.15) is 0 Å². The van der Waals surface area contributed by atoms with E-state index in [0.717, 1.165) is 22.7 Å². The van der Waals surface area contributed by atoms with Crippen LogP contribution in [0.4, 0.5) is 0 Å². The second kappa shape index (κ2) is 26.7. The lowest BCUT2D eigenvalue weighted by Crippen LogP contribution is -1.94. The topological polar surface area (TPSA) is 19.7 Å². The first-order valence-electron chi connectivity index (χ1n) is 39.0. The minimum atomic E-state index is 1.16. The first kappa shape index (κ1) is 65.5. The zero-order valence-corrected chi connectivity index (χ0v) is 63.5. The summed E-state index contributed by atoms with van der Waals surface area (Å²) in [6.07, 6.45) is 0. The van der Waals surface area contributed by atoms with Gasteiger partial charge in [0.1, 0.15) is 0 Å². The maximum atomic E-state index is 2.43. The molecule has 6 heteroatoms. The fourth-order valence-electron chi connectivity index (χ4n) is 18.1. The van der Waals surface area contributed by atoms with Crippen LogP contribution in [-0.2, 0) is 0 Å². The Morgan fingerprint density at radius 1 is 0.123 bits per heavy atom. The first-order chi connectivity index (χ1) is 56.5. The summed E-state index contributed by atoms with van der Waals surface area (Å²) in [6.45, 7) is 0. The average molecular weight is 1490 g/mol. The van der Waals surface area contributed by atoms with Crippen LogP contribution in [0.3, 0.4) is 0 Å². The molecule has 0 saturated carbocycles. The molecule has 0 atom stereocenters. The van der Waals surface area contributed by atoms with E-state index in [4.69, 9.17) is 0 Å². The molecule has 0 unspecified atom stereocenters. The number of benzene rings is 18. The van der Waals surface area contributed by atoms with Gasteiger partial charge < -0.3 is 18.3 Å². The smallest absolute Gasteiger partial charge is 0.0541 e. The number of fused-ring (bicyclic) bond motifs is 18.